The molecule has 0 amide bonds. The third-order valence-corrected chi connectivity index (χ3v) is 4.51. The van der Waals surface area contributed by atoms with Crippen LogP contribution in [-0.2, 0) is 30.3 Å². The number of ether oxygens (including phenoxy) is 5. The van der Waals surface area contributed by atoms with Crippen molar-refractivity contribution in [3.8, 4) is 0 Å². The molecule has 2 aliphatic rings. The van der Waals surface area contributed by atoms with Crippen LogP contribution in [0.2, 0.25) is 0 Å². The van der Waals surface area contributed by atoms with Crippen LogP contribution in [0.3, 0.4) is 0 Å². The summed E-state index contributed by atoms with van der Waals surface area (Å²) in [6, 6.07) is 8.28. The predicted octanol–water partition coefficient (Wildman–Crippen LogP) is 3.35. The SMILES string of the molecule is C=CCO[C@@H]1O[C@@H](C)[C@H]2OC(C)(C)O[C@H]2[C@@H]1OCc1ccc(C)cc1. The summed E-state index contributed by atoms with van der Waals surface area (Å²) >= 11 is 0. The van der Waals surface area contributed by atoms with Gasteiger partial charge in [-0.2, -0.15) is 0 Å². The van der Waals surface area contributed by atoms with Gasteiger partial charge in [0.1, 0.15) is 18.3 Å². The Labute approximate surface area is 149 Å². The average molecular weight is 348 g/mol. The molecule has 2 heterocycles. The summed E-state index contributed by atoms with van der Waals surface area (Å²) in [6.07, 6.45) is 0.260. The van der Waals surface area contributed by atoms with E-state index < -0.39 is 12.1 Å². The van der Waals surface area contributed by atoms with Crippen LogP contribution in [0.25, 0.3) is 0 Å². The van der Waals surface area contributed by atoms with Crippen LogP contribution in [0.15, 0.2) is 36.9 Å². The number of hydrogen-bond donors (Lipinski definition) is 0. The molecule has 2 saturated heterocycles. The molecule has 0 spiro atoms. The highest BCUT2D eigenvalue weighted by molar-refractivity contribution is 5.20. The summed E-state index contributed by atoms with van der Waals surface area (Å²) in [4.78, 5) is 0. The lowest BCUT2D eigenvalue weighted by atomic mass is 9.99. The standard InChI is InChI=1S/C20H28O5/c1-6-11-21-19-18(22-12-15-9-7-13(2)8-10-15)17-16(14(3)23-19)24-20(4,5)25-17/h6-10,14,16-19H,1,11-12H2,2-5H3/t14-,16+,17+,18-,19+/m0/s1. The Morgan fingerprint density at radius 3 is 2.48 bits per heavy atom. The summed E-state index contributed by atoms with van der Waals surface area (Å²) in [6.45, 7) is 12.4. The predicted molar refractivity (Wildman–Crippen MR) is 94.1 cm³/mol. The summed E-state index contributed by atoms with van der Waals surface area (Å²) < 4.78 is 30.1. The van der Waals surface area contributed by atoms with Crippen molar-refractivity contribution in [2.75, 3.05) is 6.61 Å². The van der Waals surface area contributed by atoms with Crippen LogP contribution in [-0.4, -0.2) is 43.1 Å². The van der Waals surface area contributed by atoms with E-state index in [1.165, 1.54) is 5.56 Å². The first kappa shape index (κ1) is 18.5. The molecular weight excluding hydrogens is 320 g/mol. The lowest BCUT2D eigenvalue weighted by molar-refractivity contribution is -0.283. The molecule has 1 aromatic rings. The molecule has 0 aromatic heterocycles. The van der Waals surface area contributed by atoms with E-state index in [1.54, 1.807) is 6.08 Å². The number of hydrogen-bond acceptors (Lipinski definition) is 5. The van der Waals surface area contributed by atoms with Crippen LogP contribution in [0.4, 0.5) is 0 Å². The van der Waals surface area contributed by atoms with Crippen molar-refractivity contribution in [1.82, 2.24) is 0 Å². The van der Waals surface area contributed by atoms with Crippen LogP contribution in [0, 0.1) is 6.92 Å². The maximum Gasteiger partial charge on any atom is 0.187 e. The molecule has 0 aliphatic carbocycles. The summed E-state index contributed by atoms with van der Waals surface area (Å²) in [5, 5.41) is 0. The van der Waals surface area contributed by atoms with Crippen molar-refractivity contribution in [3.05, 3.63) is 48.0 Å². The van der Waals surface area contributed by atoms with Gasteiger partial charge in [-0.05, 0) is 33.3 Å². The highest BCUT2D eigenvalue weighted by Gasteiger charge is 2.54. The fraction of sp³-hybridized carbons (Fsp3) is 0.600. The first-order valence-corrected chi connectivity index (χ1v) is 8.80. The van der Waals surface area contributed by atoms with E-state index >= 15 is 0 Å². The van der Waals surface area contributed by atoms with Gasteiger partial charge in [-0.1, -0.05) is 35.9 Å². The number of rotatable bonds is 6. The van der Waals surface area contributed by atoms with Gasteiger partial charge in [0.15, 0.2) is 12.1 Å². The largest absolute Gasteiger partial charge is 0.365 e. The van der Waals surface area contributed by atoms with Gasteiger partial charge < -0.3 is 23.7 Å². The van der Waals surface area contributed by atoms with Gasteiger partial charge in [0.2, 0.25) is 0 Å². The van der Waals surface area contributed by atoms with Gasteiger partial charge in [-0.25, -0.2) is 0 Å². The van der Waals surface area contributed by atoms with Crippen LogP contribution < -0.4 is 0 Å². The Balaban J connectivity index is 1.74. The van der Waals surface area contributed by atoms with Gasteiger partial charge in [0.25, 0.3) is 0 Å². The van der Waals surface area contributed by atoms with E-state index in [9.17, 15) is 0 Å². The normalized spacial score (nSPS) is 33.8. The number of benzene rings is 1. The van der Waals surface area contributed by atoms with Crippen molar-refractivity contribution in [1.29, 1.82) is 0 Å². The second kappa shape index (κ2) is 7.56. The number of aryl methyl sites for hydroxylation is 1. The van der Waals surface area contributed by atoms with Crippen molar-refractivity contribution in [2.24, 2.45) is 0 Å². The van der Waals surface area contributed by atoms with E-state index in [-0.39, 0.29) is 24.4 Å². The Morgan fingerprint density at radius 1 is 1.12 bits per heavy atom. The van der Waals surface area contributed by atoms with E-state index in [2.05, 4.69) is 37.8 Å². The zero-order chi connectivity index (χ0) is 18.0. The van der Waals surface area contributed by atoms with E-state index in [1.807, 2.05) is 20.8 Å². The second-order valence-electron chi connectivity index (χ2n) is 7.16. The molecule has 2 fully saturated rings. The van der Waals surface area contributed by atoms with Gasteiger partial charge in [-0.15, -0.1) is 6.58 Å². The highest BCUT2D eigenvalue weighted by Crippen LogP contribution is 2.39. The van der Waals surface area contributed by atoms with E-state index in [0.717, 1.165) is 5.56 Å². The monoisotopic (exact) mass is 348 g/mol. The fourth-order valence-electron chi connectivity index (χ4n) is 3.30. The lowest BCUT2D eigenvalue weighted by Gasteiger charge is -2.40. The first-order valence-electron chi connectivity index (χ1n) is 8.80. The molecule has 5 atom stereocenters. The van der Waals surface area contributed by atoms with Crippen LogP contribution >= 0.6 is 0 Å². The zero-order valence-corrected chi connectivity index (χ0v) is 15.4. The molecule has 0 unspecified atom stereocenters. The Hall–Kier alpha value is -1.24. The molecule has 5 heteroatoms. The minimum atomic E-state index is -0.661. The summed E-state index contributed by atoms with van der Waals surface area (Å²) in [5.74, 6) is -0.661. The molecule has 25 heavy (non-hydrogen) atoms. The Morgan fingerprint density at radius 2 is 1.80 bits per heavy atom. The minimum absolute atomic E-state index is 0.138. The quantitative estimate of drug-likeness (QED) is 0.738. The smallest absolute Gasteiger partial charge is 0.187 e. The lowest BCUT2D eigenvalue weighted by Crippen LogP contribution is -2.57. The van der Waals surface area contributed by atoms with Crippen LogP contribution in [0.1, 0.15) is 31.9 Å². The minimum Gasteiger partial charge on any atom is -0.365 e. The third-order valence-electron chi connectivity index (χ3n) is 4.51. The average Bonchev–Trinajstić information content (AvgIpc) is 2.90. The molecule has 3 rings (SSSR count). The molecule has 1 aromatic carbocycles. The summed E-state index contributed by atoms with van der Waals surface area (Å²) in [7, 11) is 0. The molecule has 0 N–H and O–H groups in total. The van der Waals surface area contributed by atoms with Gasteiger partial charge >= 0.3 is 0 Å². The maximum absolute atomic E-state index is 6.18. The Bertz CT molecular complexity index is 582. The topological polar surface area (TPSA) is 46.2 Å². The zero-order valence-electron chi connectivity index (χ0n) is 15.4. The Kier molecular flexibility index (Phi) is 5.61. The molecule has 5 nitrogen and oxygen atoms in total. The van der Waals surface area contributed by atoms with Crippen LogP contribution in [0.5, 0.6) is 0 Å². The third kappa shape index (κ3) is 4.30. The van der Waals surface area contributed by atoms with Crippen molar-refractivity contribution in [3.63, 3.8) is 0 Å². The highest BCUT2D eigenvalue weighted by atomic mass is 16.8. The molecular formula is C20H28O5. The second-order valence-corrected chi connectivity index (χ2v) is 7.16. The fourth-order valence-corrected chi connectivity index (χ4v) is 3.30. The molecule has 138 valence electrons. The van der Waals surface area contributed by atoms with Crippen molar-refractivity contribution in [2.45, 2.75) is 70.8 Å². The summed E-state index contributed by atoms with van der Waals surface area (Å²) in [5.41, 5.74) is 2.32. The molecule has 0 radical (unpaired) electrons. The number of fused-ring (bicyclic) bond motifs is 1. The first-order chi connectivity index (χ1) is 11.9. The van der Waals surface area contributed by atoms with Crippen molar-refractivity contribution < 1.29 is 23.7 Å². The van der Waals surface area contributed by atoms with E-state index in [0.29, 0.717) is 13.2 Å². The molecule has 2 aliphatic heterocycles. The molecule has 0 saturated carbocycles. The van der Waals surface area contributed by atoms with Gasteiger partial charge in [0.05, 0.1) is 19.3 Å². The van der Waals surface area contributed by atoms with Gasteiger partial charge in [0, 0.05) is 0 Å². The van der Waals surface area contributed by atoms with Crippen molar-refractivity contribution >= 4 is 0 Å². The van der Waals surface area contributed by atoms with E-state index in [4.69, 9.17) is 23.7 Å². The molecule has 0 bridgehead atoms. The van der Waals surface area contributed by atoms with Gasteiger partial charge in [-0.3, -0.25) is 0 Å². The maximum atomic E-state index is 6.18.